The van der Waals surface area contributed by atoms with E-state index in [2.05, 4.69) is 32.4 Å². The fraction of sp³-hybridized carbons (Fsp3) is 0.440. The van der Waals surface area contributed by atoms with E-state index in [0.29, 0.717) is 29.6 Å². The molecule has 0 radical (unpaired) electrons. The highest BCUT2D eigenvalue weighted by atomic mass is 32.2. The van der Waals surface area contributed by atoms with Crippen LogP contribution >= 0.6 is 11.8 Å². The van der Waals surface area contributed by atoms with Gasteiger partial charge in [-0.05, 0) is 63.1 Å². The summed E-state index contributed by atoms with van der Waals surface area (Å²) in [7, 11) is 1.79. The SMILES string of the molecule is [2H]C([2H])([2H])Sc1cc(-c2ccc(-c3ncc(N(C)[C@H]4C[C@]5(C)CC[C@@](C)(N5)[C@H]4F)nn3)c(O)c2)c(F)cn1. The van der Waals surface area contributed by atoms with E-state index in [1.165, 1.54) is 24.4 Å². The Bertz CT molecular complexity index is 1360. The van der Waals surface area contributed by atoms with Crippen LogP contribution in [-0.4, -0.2) is 61.8 Å². The first kappa shape index (κ1) is 20.4. The van der Waals surface area contributed by atoms with Crippen molar-refractivity contribution < 1.29 is 18.0 Å². The maximum Gasteiger partial charge on any atom is 0.185 e. The Morgan fingerprint density at radius 2 is 2.00 bits per heavy atom. The number of hydrogen-bond acceptors (Lipinski definition) is 8. The molecule has 184 valence electrons. The molecule has 2 N–H and O–H groups in total. The van der Waals surface area contributed by atoms with Gasteiger partial charge in [0.25, 0.3) is 0 Å². The lowest BCUT2D eigenvalue weighted by molar-refractivity contribution is 0.0859. The number of aromatic hydroxyl groups is 1. The number of alkyl halides is 1. The van der Waals surface area contributed by atoms with Crippen molar-refractivity contribution in [2.75, 3.05) is 18.1 Å². The van der Waals surface area contributed by atoms with Gasteiger partial charge in [-0.25, -0.2) is 18.7 Å². The van der Waals surface area contributed by atoms with Gasteiger partial charge in [-0.15, -0.1) is 22.0 Å². The zero-order chi connectivity index (χ0) is 27.5. The van der Waals surface area contributed by atoms with Gasteiger partial charge in [-0.3, -0.25) is 0 Å². The van der Waals surface area contributed by atoms with Gasteiger partial charge < -0.3 is 15.3 Å². The van der Waals surface area contributed by atoms with Crippen molar-refractivity contribution in [3.63, 3.8) is 0 Å². The average Bonchev–Trinajstić information content (AvgIpc) is 3.13. The summed E-state index contributed by atoms with van der Waals surface area (Å²) in [5.41, 5.74) is -0.000323. The van der Waals surface area contributed by atoms with Crippen molar-refractivity contribution in [3.8, 4) is 28.3 Å². The molecule has 0 aliphatic carbocycles. The maximum absolute atomic E-state index is 15.5. The summed E-state index contributed by atoms with van der Waals surface area (Å²) >= 11 is 0.540. The highest BCUT2D eigenvalue weighted by molar-refractivity contribution is 7.98. The molecule has 0 unspecified atom stereocenters. The Morgan fingerprint density at radius 3 is 2.71 bits per heavy atom. The van der Waals surface area contributed by atoms with Gasteiger partial charge in [0.1, 0.15) is 17.7 Å². The molecule has 7 nitrogen and oxygen atoms in total. The molecule has 4 heterocycles. The molecule has 0 amide bonds. The summed E-state index contributed by atoms with van der Waals surface area (Å²) < 4.78 is 52.1. The molecule has 4 atom stereocenters. The van der Waals surface area contributed by atoms with Gasteiger partial charge in [-0.2, -0.15) is 0 Å². The zero-order valence-electron chi connectivity index (χ0n) is 22.6. The summed E-state index contributed by atoms with van der Waals surface area (Å²) in [5.74, 6) is -0.283. The third-order valence-electron chi connectivity index (χ3n) is 7.28. The third-order valence-corrected chi connectivity index (χ3v) is 7.71. The first-order valence-corrected chi connectivity index (χ1v) is 12.1. The third kappa shape index (κ3) is 4.23. The van der Waals surface area contributed by atoms with Crippen LogP contribution in [0.2, 0.25) is 0 Å². The van der Waals surface area contributed by atoms with Gasteiger partial charge in [0.2, 0.25) is 0 Å². The molecule has 10 heteroatoms. The minimum absolute atomic E-state index is 0.101. The number of fused-ring (bicyclic) bond motifs is 2. The number of nitrogens with zero attached hydrogens (tertiary/aromatic N) is 5. The summed E-state index contributed by atoms with van der Waals surface area (Å²) in [6.45, 7) is 4.04. The van der Waals surface area contributed by atoms with E-state index in [9.17, 15) is 9.50 Å². The van der Waals surface area contributed by atoms with Crippen molar-refractivity contribution in [2.45, 2.75) is 61.4 Å². The van der Waals surface area contributed by atoms with Crippen molar-refractivity contribution in [1.29, 1.82) is 0 Å². The number of halogens is 2. The zero-order valence-corrected chi connectivity index (χ0v) is 20.4. The van der Waals surface area contributed by atoms with Crippen LogP contribution in [-0.2, 0) is 0 Å². The maximum atomic E-state index is 15.5. The van der Waals surface area contributed by atoms with E-state index < -0.39 is 23.7 Å². The molecule has 35 heavy (non-hydrogen) atoms. The van der Waals surface area contributed by atoms with Crippen LogP contribution in [0.1, 0.15) is 37.2 Å². The quantitative estimate of drug-likeness (QED) is 0.490. The topological polar surface area (TPSA) is 87.1 Å². The number of phenols is 1. The van der Waals surface area contributed by atoms with Crippen molar-refractivity contribution in [3.05, 3.63) is 42.5 Å². The first-order valence-electron chi connectivity index (χ1n) is 12.8. The molecular weight excluding hydrogens is 470 g/mol. The van der Waals surface area contributed by atoms with Crippen LogP contribution < -0.4 is 10.2 Å². The van der Waals surface area contributed by atoms with E-state index in [1.54, 1.807) is 18.0 Å². The molecule has 1 aromatic carbocycles. The van der Waals surface area contributed by atoms with E-state index >= 15 is 4.39 Å². The summed E-state index contributed by atoms with van der Waals surface area (Å²) in [6, 6.07) is 5.40. The van der Waals surface area contributed by atoms with E-state index in [4.69, 9.17) is 4.11 Å². The number of anilines is 1. The molecule has 2 saturated heterocycles. The van der Waals surface area contributed by atoms with Crippen LogP contribution in [0, 0.1) is 5.82 Å². The van der Waals surface area contributed by atoms with Crippen molar-refractivity contribution >= 4 is 17.6 Å². The number of nitrogens with one attached hydrogen (secondary N) is 1. The van der Waals surface area contributed by atoms with Gasteiger partial charge in [0.05, 0.1) is 29.0 Å². The number of piperidine rings is 1. The Labute approximate surface area is 211 Å². The highest BCUT2D eigenvalue weighted by Crippen LogP contribution is 2.45. The Hall–Kier alpha value is -2.85. The smallest absolute Gasteiger partial charge is 0.185 e. The summed E-state index contributed by atoms with van der Waals surface area (Å²) in [5, 5.41) is 22.7. The molecular formula is C25H28F2N6OS. The Balaban J connectivity index is 1.37. The molecule has 0 spiro atoms. The van der Waals surface area contributed by atoms with Crippen LogP contribution in [0.25, 0.3) is 22.5 Å². The van der Waals surface area contributed by atoms with E-state index in [0.717, 1.165) is 19.0 Å². The lowest BCUT2D eigenvalue weighted by atomic mass is 9.82. The van der Waals surface area contributed by atoms with Gasteiger partial charge in [0, 0.05) is 27.8 Å². The number of rotatable bonds is 5. The van der Waals surface area contributed by atoms with Crippen LogP contribution in [0.5, 0.6) is 5.75 Å². The first-order chi connectivity index (χ1) is 17.8. The fourth-order valence-electron chi connectivity index (χ4n) is 5.34. The lowest BCUT2D eigenvalue weighted by Gasteiger charge is -2.47. The van der Waals surface area contributed by atoms with Gasteiger partial charge in [-0.1, -0.05) is 6.07 Å². The molecule has 3 aromatic rings. The molecule has 2 bridgehead atoms. The summed E-state index contributed by atoms with van der Waals surface area (Å²) in [6.07, 6.45) is 1.35. The molecule has 2 aliphatic heterocycles. The van der Waals surface area contributed by atoms with Crippen LogP contribution in [0.3, 0.4) is 0 Å². The number of pyridine rings is 1. The van der Waals surface area contributed by atoms with Crippen LogP contribution in [0.15, 0.2) is 41.7 Å². The standard InChI is InChI=1S/C25H28F2N6OS/c1-24-7-8-25(2,32-24)22(27)18(11-24)33(3)20-13-29-23(31-30-20)15-6-5-14(9-19(15)34)16-10-21(35-4)28-12-17(16)26/h5-6,9-10,12-13,18,22,32,34H,7-8,11H2,1-4H3/t18-,22-,24-,25+/m0/s1/i4D3. The van der Waals surface area contributed by atoms with E-state index in [1.807, 2.05) is 6.92 Å². The van der Waals surface area contributed by atoms with Crippen molar-refractivity contribution in [1.82, 2.24) is 25.5 Å². The Morgan fingerprint density at radius 1 is 1.17 bits per heavy atom. The lowest BCUT2D eigenvalue weighted by Crippen LogP contribution is -2.65. The van der Waals surface area contributed by atoms with Gasteiger partial charge in [0.15, 0.2) is 11.6 Å². The fourth-order valence-corrected chi connectivity index (χ4v) is 5.62. The van der Waals surface area contributed by atoms with Crippen molar-refractivity contribution in [2.24, 2.45) is 0 Å². The minimum atomic E-state index is -2.33. The van der Waals surface area contributed by atoms with Gasteiger partial charge >= 0.3 is 0 Å². The summed E-state index contributed by atoms with van der Waals surface area (Å²) in [4.78, 5) is 9.95. The second-order valence-corrected chi connectivity index (χ2v) is 10.5. The molecule has 2 fully saturated rings. The largest absolute Gasteiger partial charge is 0.507 e. The molecule has 2 aliphatic rings. The second kappa shape index (κ2) is 8.67. The average molecular weight is 502 g/mol. The Kier molecular flexibility index (Phi) is 5.04. The number of thioether (sulfide) groups is 1. The molecule has 0 saturated carbocycles. The van der Waals surface area contributed by atoms with E-state index in [-0.39, 0.29) is 39.3 Å². The minimum Gasteiger partial charge on any atom is -0.507 e. The second-order valence-electron chi connectivity index (χ2n) is 9.86. The van der Waals surface area contributed by atoms with Crippen LogP contribution in [0.4, 0.5) is 14.6 Å². The molecule has 5 rings (SSSR count). The normalized spacial score (nSPS) is 29.3. The number of aromatic nitrogens is 4. The predicted molar refractivity (Wildman–Crippen MR) is 133 cm³/mol. The number of benzene rings is 1. The molecule has 2 aromatic heterocycles. The number of phenolic OH excluding ortho intramolecular Hbond substituents is 1. The monoisotopic (exact) mass is 501 g/mol. The predicted octanol–water partition coefficient (Wildman–Crippen LogP) is 4.61. The highest BCUT2D eigenvalue weighted by Gasteiger charge is 2.56. The number of hydrogen-bond donors (Lipinski definition) is 2.